The number of carbonyl (C=O) groups excluding carboxylic acids is 3. The van der Waals surface area contributed by atoms with Crippen LogP contribution in [0.1, 0.15) is 37.7 Å². The van der Waals surface area contributed by atoms with Crippen LogP contribution in [0.25, 0.3) is 0 Å². The molecule has 0 aromatic carbocycles. The van der Waals surface area contributed by atoms with Gasteiger partial charge in [0.2, 0.25) is 5.91 Å². The third-order valence-corrected chi connectivity index (χ3v) is 4.30. The highest BCUT2D eigenvalue weighted by Crippen LogP contribution is 2.41. The molecular weight excluding hydrogens is 270 g/mol. The van der Waals surface area contributed by atoms with E-state index in [4.69, 9.17) is 0 Å². The number of nitrogens with one attached hydrogen (secondary N) is 1. The minimum atomic E-state index is -1.09. The van der Waals surface area contributed by atoms with Crippen molar-refractivity contribution in [3.63, 3.8) is 0 Å². The Balaban J connectivity index is 2.02. The Bertz CT molecular complexity index is 620. The van der Waals surface area contributed by atoms with E-state index in [0.29, 0.717) is 18.5 Å². The fourth-order valence-corrected chi connectivity index (χ4v) is 3.17. The van der Waals surface area contributed by atoms with Crippen LogP contribution in [0.2, 0.25) is 0 Å². The molecule has 1 aliphatic carbocycles. The number of barbiturate groups is 1. The van der Waals surface area contributed by atoms with Crippen LogP contribution in [0.4, 0.5) is 10.5 Å². The van der Waals surface area contributed by atoms with E-state index in [-0.39, 0.29) is 0 Å². The smallest absolute Gasteiger partial charge is 0.276 e. The van der Waals surface area contributed by atoms with E-state index in [1.807, 2.05) is 6.92 Å². The molecular formula is C15H17N3O3. The summed E-state index contributed by atoms with van der Waals surface area (Å²) in [6, 6.07) is 1.03. The first-order valence-corrected chi connectivity index (χ1v) is 7.16. The zero-order valence-corrected chi connectivity index (χ0v) is 11.9. The largest absolute Gasteiger partial charge is 0.335 e. The Morgan fingerprint density at radius 1 is 1.14 bits per heavy atom. The number of anilines is 1. The summed E-state index contributed by atoms with van der Waals surface area (Å²) < 4.78 is 0. The van der Waals surface area contributed by atoms with Gasteiger partial charge in [-0.25, -0.2) is 9.69 Å². The number of aromatic nitrogens is 1. The van der Waals surface area contributed by atoms with Gasteiger partial charge in [-0.05, 0) is 31.4 Å². The third kappa shape index (κ3) is 2.11. The van der Waals surface area contributed by atoms with Gasteiger partial charge >= 0.3 is 6.03 Å². The SMILES string of the molecule is Cc1cncc(N2C(=O)NC(=O)C3(CCCCC3)C2=O)c1. The van der Waals surface area contributed by atoms with Crippen molar-refractivity contribution >= 4 is 23.5 Å². The quantitative estimate of drug-likeness (QED) is 0.800. The Morgan fingerprint density at radius 3 is 2.52 bits per heavy atom. The number of hydrogen-bond acceptors (Lipinski definition) is 4. The van der Waals surface area contributed by atoms with E-state index in [1.165, 1.54) is 6.20 Å². The predicted molar refractivity (Wildman–Crippen MR) is 75.5 cm³/mol. The summed E-state index contributed by atoms with van der Waals surface area (Å²) in [5, 5.41) is 2.34. The van der Waals surface area contributed by atoms with Crippen LogP contribution in [0.15, 0.2) is 18.5 Å². The Kier molecular flexibility index (Phi) is 3.23. The van der Waals surface area contributed by atoms with Crippen molar-refractivity contribution in [1.29, 1.82) is 0 Å². The number of urea groups is 1. The van der Waals surface area contributed by atoms with Crippen molar-refractivity contribution < 1.29 is 14.4 Å². The van der Waals surface area contributed by atoms with Crippen LogP contribution in [0, 0.1) is 12.3 Å². The lowest BCUT2D eigenvalue weighted by molar-refractivity contribution is -0.144. The number of pyridine rings is 1. The minimum Gasteiger partial charge on any atom is -0.276 e. The van der Waals surface area contributed by atoms with Crippen LogP contribution in [0.5, 0.6) is 0 Å². The van der Waals surface area contributed by atoms with Gasteiger partial charge in [0.05, 0.1) is 11.9 Å². The second kappa shape index (κ2) is 4.95. The van der Waals surface area contributed by atoms with Crippen molar-refractivity contribution in [3.05, 3.63) is 24.0 Å². The van der Waals surface area contributed by atoms with Crippen molar-refractivity contribution in [3.8, 4) is 0 Å². The van der Waals surface area contributed by atoms with Gasteiger partial charge in [0, 0.05) is 6.20 Å². The van der Waals surface area contributed by atoms with Crippen molar-refractivity contribution in [2.45, 2.75) is 39.0 Å². The van der Waals surface area contributed by atoms with Gasteiger partial charge in [-0.15, -0.1) is 0 Å². The maximum Gasteiger partial charge on any atom is 0.335 e. The number of hydrogen-bond donors (Lipinski definition) is 1. The third-order valence-electron chi connectivity index (χ3n) is 4.30. The number of imide groups is 2. The minimum absolute atomic E-state index is 0.412. The summed E-state index contributed by atoms with van der Waals surface area (Å²) in [4.78, 5) is 42.3. The summed E-state index contributed by atoms with van der Waals surface area (Å²) in [6.07, 6.45) is 6.79. The summed E-state index contributed by atoms with van der Waals surface area (Å²) in [6.45, 7) is 1.84. The van der Waals surface area contributed by atoms with E-state index in [2.05, 4.69) is 10.3 Å². The van der Waals surface area contributed by atoms with Gasteiger partial charge in [0.15, 0.2) is 0 Å². The van der Waals surface area contributed by atoms with Crippen LogP contribution >= 0.6 is 0 Å². The molecule has 4 amide bonds. The molecule has 21 heavy (non-hydrogen) atoms. The predicted octanol–water partition coefficient (Wildman–Crippen LogP) is 1.92. The summed E-state index contributed by atoms with van der Waals surface area (Å²) in [7, 11) is 0. The molecule has 0 atom stereocenters. The highest BCUT2D eigenvalue weighted by atomic mass is 16.2. The fraction of sp³-hybridized carbons (Fsp3) is 0.467. The lowest BCUT2D eigenvalue weighted by Crippen LogP contribution is -2.64. The Morgan fingerprint density at radius 2 is 1.86 bits per heavy atom. The highest BCUT2D eigenvalue weighted by molar-refractivity contribution is 6.29. The molecule has 6 nitrogen and oxygen atoms in total. The van der Waals surface area contributed by atoms with Crippen LogP contribution < -0.4 is 10.2 Å². The van der Waals surface area contributed by atoms with E-state index in [0.717, 1.165) is 29.7 Å². The summed E-state index contributed by atoms with van der Waals surface area (Å²) in [5.74, 6) is -0.864. The number of aryl methyl sites for hydroxylation is 1. The first kappa shape index (κ1) is 13.7. The molecule has 1 spiro atoms. The second-order valence-electron chi connectivity index (χ2n) is 5.76. The van der Waals surface area contributed by atoms with E-state index < -0.39 is 23.3 Å². The molecule has 1 aromatic heterocycles. The molecule has 1 saturated heterocycles. The Labute approximate surface area is 122 Å². The number of amides is 4. The highest BCUT2D eigenvalue weighted by Gasteiger charge is 2.54. The molecule has 2 aliphatic rings. The zero-order chi connectivity index (χ0) is 15.0. The zero-order valence-electron chi connectivity index (χ0n) is 11.9. The van der Waals surface area contributed by atoms with E-state index in [9.17, 15) is 14.4 Å². The topological polar surface area (TPSA) is 79.4 Å². The molecule has 1 N–H and O–H groups in total. The molecule has 2 fully saturated rings. The molecule has 0 unspecified atom stereocenters. The molecule has 0 bridgehead atoms. The van der Waals surface area contributed by atoms with Gasteiger partial charge in [-0.2, -0.15) is 0 Å². The Hall–Kier alpha value is -2.24. The van der Waals surface area contributed by atoms with Crippen molar-refractivity contribution in [2.24, 2.45) is 5.41 Å². The lowest BCUT2D eigenvalue weighted by atomic mass is 9.71. The first-order chi connectivity index (χ1) is 10.0. The molecule has 0 radical (unpaired) electrons. The fourth-order valence-electron chi connectivity index (χ4n) is 3.17. The number of rotatable bonds is 1. The molecule has 6 heteroatoms. The monoisotopic (exact) mass is 287 g/mol. The molecule has 2 heterocycles. The van der Waals surface area contributed by atoms with Crippen molar-refractivity contribution in [1.82, 2.24) is 10.3 Å². The maximum absolute atomic E-state index is 12.9. The van der Waals surface area contributed by atoms with Crippen LogP contribution in [-0.4, -0.2) is 22.8 Å². The van der Waals surface area contributed by atoms with Crippen LogP contribution in [0.3, 0.4) is 0 Å². The number of carbonyl (C=O) groups is 3. The molecule has 1 aromatic rings. The summed E-state index contributed by atoms with van der Waals surface area (Å²) >= 11 is 0. The molecule has 3 rings (SSSR count). The molecule has 110 valence electrons. The first-order valence-electron chi connectivity index (χ1n) is 7.16. The normalized spacial score (nSPS) is 21.6. The lowest BCUT2D eigenvalue weighted by Gasteiger charge is -2.41. The van der Waals surface area contributed by atoms with Gasteiger partial charge in [0.25, 0.3) is 5.91 Å². The van der Waals surface area contributed by atoms with Crippen molar-refractivity contribution in [2.75, 3.05) is 4.90 Å². The van der Waals surface area contributed by atoms with Crippen LogP contribution in [-0.2, 0) is 9.59 Å². The average molecular weight is 287 g/mol. The van der Waals surface area contributed by atoms with Gasteiger partial charge in [-0.3, -0.25) is 19.9 Å². The maximum atomic E-state index is 12.9. The van der Waals surface area contributed by atoms with E-state index >= 15 is 0 Å². The standard InChI is InChI=1S/C15H17N3O3/c1-10-7-11(9-16-8-10)18-13(20)15(5-3-2-4-6-15)12(19)17-14(18)21/h7-9H,2-6H2,1H3,(H,17,19,21). The van der Waals surface area contributed by atoms with E-state index in [1.54, 1.807) is 12.3 Å². The second-order valence-corrected chi connectivity index (χ2v) is 5.76. The van der Waals surface area contributed by atoms with Gasteiger partial charge < -0.3 is 0 Å². The molecule has 1 saturated carbocycles. The van der Waals surface area contributed by atoms with Gasteiger partial charge in [0.1, 0.15) is 5.41 Å². The molecule has 1 aliphatic heterocycles. The van der Waals surface area contributed by atoms with Gasteiger partial charge in [-0.1, -0.05) is 19.3 Å². The summed E-state index contributed by atoms with van der Waals surface area (Å²) in [5.41, 5.74) is 0.174. The average Bonchev–Trinajstić information content (AvgIpc) is 2.47. The number of nitrogens with zero attached hydrogens (tertiary/aromatic N) is 2.